The molecule has 1 atom stereocenters. The summed E-state index contributed by atoms with van der Waals surface area (Å²) < 4.78 is 34.3. The van der Waals surface area contributed by atoms with Gasteiger partial charge >= 0.3 is 0 Å². The van der Waals surface area contributed by atoms with Crippen LogP contribution < -0.4 is 20.7 Å². The molecule has 0 bridgehead atoms. The van der Waals surface area contributed by atoms with Crippen LogP contribution in [0.1, 0.15) is 40.7 Å². The molecule has 0 aromatic heterocycles. The van der Waals surface area contributed by atoms with Crippen molar-refractivity contribution in [2.24, 2.45) is 5.73 Å². The zero-order chi connectivity index (χ0) is 28.5. The van der Waals surface area contributed by atoms with Crippen LogP contribution in [0.15, 0.2) is 77.7 Å². The zero-order valence-corrected chi connectivity index (χ0v) is 23.5. The van der Waals surface area contributed by atoms with Crippen molar-refractivity contribution in [3.63, 3.8) is 0 Å². The minimum Gasteiger partial charge on any atom is -0.378 e. The first kappa shape index (κ1) is 29.3. The van der Waals surface area contributed by atoms with Crippen LogP contribution in [-0.2, 0) is 26.0 Å². The van der Waals surface area contributed by atoms with Gasteiger partial charge in [-0.25, -0.2) is 8.42 Å². The summed E-state index contributed by atoms with van der Waals surface area (Å²) in [4.78, 5) is 27.4. The summed E-state index contributed by atoms with van der Waals surface area (Å²) in [5.74, 6) is -0.925. The van der Waals surface area contributed by atoms with E-state index in [4.69, 9.17) is 10.5 Å². The van der Waals surface area contributed by atoms with Crippen LogP contribution >= 0.6 is 0 Å². The standard InChI is InChI=1S/C30H36N4O5S/c1-22-10-16-26(17-11-22)40(37,38)33-28(9-5-3-7-23-6-2-4-8-27(23)29(31)35)30(36)32-24-12-14-25(15-13-24)34-18-20-39-21-19-34/h2,4,6,8,10-17,28,33H,3,5,7,9,18-21H2,1H3,(H2,31,35)(H,32,36). The molecule has 0 aliphatic carbocycles. The Bertz CT molecular complexity index is 1400. The highest BCUT2D eigenvalue weighted by molar-refractivity contribution is 7.89. The first-order valence-corrected chi connectivity index (χ1v) is 14.9. The Kier molecular flexibility index (Phi) is 9.92. The summed E-state index contributed by atoms with van der Waals surface area (Å²) >= 11 is 0. The number of unbranched alkanes of at least 4 members (excludes halogenated alkanes) is 1. The fourth-order valence-corrected chi connectivity index (χ4v) is 5.90. The number of nitrogens with zero attached hydrogens (tertiary/aromatic N) is 1. The first-order chi connectivity index (χ1) is 19.2. The molecule has 212 valence electrons. The van der Waals surface area contributed by atoms with E-state index in [2.05, 4.69) is 14.9 Å². The Morgan fingerprint density at radius 2 is 1.62 bits per heavy atom. The maximum absolute atomic E-state index is 13.3. The van der Waals surface area contributed by atoms with E-state index >= 15 is 0 Å². The van der Waals surface area contributed by atoms with Gasteiger partial charge in [-0.05, 0) is 74.2 Å². The predicted octanol–water partition coefficient (Wildman–Crippen LogP) is 3.63. The van der Waals surface area contributed by atoms with E-state index in [9.17, 15) is 18.0 Å². The third-order valence-corrected chi connectivity index (χ3v) is 8.42. The van der Waals surface area contributed by atoms with Crippen LogP contribution in [0, 0.1) is 6.92 Å². The van der Waals surface area contributed by atoms with Gasteiger partial charge in [0.2, 0.25) is 21.8 Å². The van der Waals surface area contributed by atoms with Gasteiger partial charge in [0.25, 0.3) is 0 Å². The Hall–Kier alpha value is -3.73. The highest BCUT2D eigenvalue weighted by atomic mass is 32.2. The molecule has 4 rings (SSSR count). The number of rotatable bonds is 12. The molecule has 9 nitrogen and oxygen atoms in total. The maximum Gasteiger partial charge on any atom is 0.248 e. The Morgan fingerprint density at radius 3 is 2.30 bits per heavy atom. The van der Waals surface area contributed by atoms with Crippen molar-refractivity contribution in [3.8, 4) is 0 Å². The van der Waals surface area contributed by atoms with Crippen molar-refractivity contribution in [1.29, 1.82) is 0 Å². The van der Waals surface area contributed by atoms with E-state index in [1.54, 1.807) is 24.3 Å². The van der Waals surface area contributed by atoms with Gasteiger partial charge in [-0.15, -0.1) is 0 Å². The van der Waals surface area contributed by atoms with Gasteiger partial charge in [-0.1, -0.05) is 42.3 Å². The summed E-state index contributed by atoms with van der Waals surface area (Å²) in [6, 6.07) is 20.1. The van der Waals surface area contributed by atoms with Gasteiger partial charge in [0.1, 0.15) is 6.04 Å². The number of aryl methyl sites for hydroxylation is 2. The number of amides is 2. The highest BCUT2D eigenvalue weighted by Gasteiger charge is 2.26. The second-order valence-electron chi connectivity index (χ2n) is 9.89. The summed E-state index contributed by atoms with van der Waals surface area (Å²) in [5, 5.41) is 2.87. The molecule has 10 heteroatoms. The fourth-order valence-electron chi connectivity index (χ4n) is 4.67. The summed E-state index contributed by atoms with van der Waals surface area (Å²) in [6.07, 6.45) is 2.06. The molecule has 0 spiro atoms. The molecule has 1 fully saturated rings. The summed E-state index contributed by atoms with van der Waals surface area (Å²) in [6.45, 7) is 4.84. The van der Waals surface area contributed by atoms with Crippen molar-refractivity contribution in [1.82, 2.24) is 4.72 Å². The number of morpholine rings is 1. The predicted molar refractivity (Wildman–Crippen MR) is 156 cm³/mol. The lowest BCUT2D eigenvalue weighted by Gasteiger charge is -2.29. The Balaban J connectivity index is 1.44. The number of ether oxygens (including phenoxy) is 1. The topological polar surface area (TPSA) is 131 Å². The molecule has 1 saturated heterocycles. The van der Waals surface area contributed by atoms with Crippen molar-refractivity contribution in [2.45, 2.75) is 43.5 Å². The second kappa shape index (κ2) is 13.6. The number of sulfonamides is 1. The molecule has 0 saturated carbocycles. The largest absolute Gasteiger partial charge is 0.378 e. The molecule has 2 amide bonds. The molecule has 3 aromatic rings. The van der Waals surface area contributed by atoms with Crippen LogP contribution in [0.2, 0.25) is 0 Å². The Labute approximate surface area is 235 Å². The third kappa shape index (κ3) is 7.91. The number of benzene rings is 3. The first-order valence-electron chi connectivity index (χ1n) is 13.4. The van der Waals surface area contributed by atoms with E-state index < -0.39 is 27.9 Å². The lowest BCUT2D eigenvalue weighted by molar-refractivity contribution is -0.117. The van der Waals surface area contributed by atoms with E-state index in [0.717, 1.165) is 29.9 Å². The van der Waals surface area contributed by atoms with Crippen LogP contribution in [0.25, 0.3) is 0 Å². The molecule has 40 heavy (non-hydrogen) atoms. The highest BCUT2D eigenvalue weighted by Crippen LogP contribution is 2.20. The molecule has 1 aliphatic rings. The van der Waals surface area contributed by atoms with Crippen LogP contribution in [0.4, 0.5) is 11.4 Å². The molecule has 4 N–H and O–H groups in total. The number of carbonyl (C=O) groups excluding carboxylic acids is 2. The molecular formula is C30H36N4O5S. The average Bonchev–Trinajstić information content (AvgIpc) is 2.96. The van der Waals surface area contributed by atoms with Crippen LogP contribution in [0.5, 0.6) is 0 Å². The number of nitrogens with two attached hydrogens (primary N) is 1. The van der Waals surface area contributed by atoms with Gasteiger partial charge in [0.15, 0.2) is 0 Å². The number of hydrogen-bond acceptors (Lipinski definition) is 6. The molecule has 1 unspecified atom stereocenters. The number of hydrogen-bond donors (Lipinski definition) is 3. The monoisotopic (exact) mass is 564 g/mol. The number of anilines is 2. The number of primary amides is 1. The normalized spacial score (nSPS) is 14.5. The summed E-state index contributed by atoms with van der Waals surface area (Å²) in [7, 11) is -3.93. The fraction of sp³-hybridized carbons (Fsp3) is 0.333. The van der Waals surface area contributed by atoms with Crippen LogP contribution in [-0.4, -0.2) is 52.6 Å². The molecular weight excluding hydrogens is 528 g/mol. The van der Waals surface area contributed by atoms with Crippen molar-refractivity contribution < 1.29 is 22.7 Å². The van der Waals surface area contributed by atoms with Crippen molar-refractivity contribution in [2.75, 3.05) is 36.5 Å². The van der Waals surface area contributed by atoms with Gasteiger partial charge in [0, 0.05) is 30.0 Å². The van der Waals surface area contributed by atoms with E-state index in [1.165, 1.54) is 12.1 Å². The van der Waals surface area contributed by atoms with Gasteiger partial charge in [0.05, 0.1) is 18.1 Å². The quantitative estimate of drug-likeness (QED) is 0.288. The average molecular weight is 565 g/mol. The lowest BCUT2D eigenvalue weighted by Crippen LogP contribution is -2.43. The van der Waals surface area contributed by atoms with Gasteiger partial charge in [-0.3, -0.25) is 9.59 Å². The zero-order valence-electron chi connectivity index (χ0n) is 22.6. The van der Waals surface area contributed by atoms with Gasteiger partial charge in [-0.2, -0.15) is 4.72 Å². The minimum absolute atomic E-state index is 0.0983. The number of nitrogens with one attached hydrogen (secondary N) is 2. The minimum atomic E-state index is -3.93. The molecule has 3 aromatic carbocycles. The smallest absolute Gasteiger partial charge is 0.248 e. The van der Waals surface area contributed by atoms with Gasteiger partial charge < -0.3 is 20.7 Å². The van der Waals surface area contributed by atoms with Crippen LogP contribution in [0.3, 0.4) is 0 Å². The lowest BCUT2D eigenvalue weighted by atomic mass is 9.99. The molecule has 1 heterocycles. The third-order valence-electron chi connectivity index (χ3n) is 6.93. The van der Waals surface area contributed by atoms with E-state index in [0.29, 0.717) is 43.7 Å². The summed E-state index contributed by atoms with van der Waals surface area (Å²) in [5.41, 5.74) is 9.34. The SMILES string of the molecule is Cc1ccc(S(=O)(=O)NC(CCCCc2ccccc2C(N)=O)C(=O)Nc2ccc(N3CCOCC3)cc2)cc1. The Morgan fingerprint density at radius 1 is 0.950 bits per heavy atom. The van der Waals surface area contributed by atoms with Crippen molar-refractivity contribution >= 4 is 33.2 Å². The van der Waals surface area contributed by atoms with E-state index in [-0.39, 0.29) is 11.3 Å². The maximum atomic E-state index is 13.3. The second-order valence-corrected chi connectivity index (χ2v) is 11.6. The van der Waals surface area contributed by atoms with Crippen molar-refractivity contribution in [3.05, 3.63) is 89.5 Å². The molecule has 1 aliphatic heterocycles. The number of carbonyl (C=O) groups is 2. The molecule has 0 radical (unpaired) electrons. The van der Waals surface area contributed by atoms with E-state index in [1.807, 2.05) is 43.3 Å².